The highest BCUT2D eigenvalue weighted by Gasteiger charge is 2.44. The minimum Gasteiger partial charge on any atom is -0.390 e. The van der Waals surface area contributed by atoms with Crippen molar-refractivity contribution < 1.29 is 61.4 Å². The first-order chi connectivity index (χ1) is 29.6. The second-order valence-corrected chi connectivity index (χ2v) is 17.2. The van der Waals surface area contributed by atoms with Gasteiger partial charge in [-0.3, -0.25) is 47.4 Å². The Kier molecular flexibility index (Phi) is 14.7. The summed E-state index contributed by atoms with van der Waals surface area (Å²) in [6.45, 7) is -2.17. The minimum atomic E-state index is -5.05. The monoisotopic (exact) mass is 922 g/mol. The molecule has 6 heterocycles. The number of nitrogens with zero attached hydrogens (tertiary/aromatic N) is 3. The van der Waals surface area contributed by atoms with Gasteiger partial charge in [0.1, 0.15) is 59.4 Å². The molecule has 6 rings (SSSR count). The number of phosphoric ester groups is 2. The van der Waals surface area contributed by atoms with Crippen molar-refractivity contribution in [1.29, 1.82) is 0 Å². The van der Waals surface area contributed by atoms with Crippen molar-refractivity contribution in [3.05, 3.63) is 97.8 Å². The van der Waals surface area contributed by atoms with Gasteiger partial charge < -0.3 is 47.9 Å². The molecule has 338 valence electrons. The predicted octanol–water partition coefficient (Wildman–Crippen LogP) is -3.87. The summed E-state index contributed by atoms with van der Waals surface area (Å²) in [7, 11) is -5.85. The summed E-state index contributed by atoms with van der Waals surface area (Å²) in [5.41, 5.74) is -4.49. The van der Waals surface area contributed by atoms with E-state index in [4.69, 9.17) is 32.3 Å². The fourth-order valence-electron chi connectivity index (χ4n) is 6.18. The lowest BCUT2D eigenvalue weighted by Gasteiger charge is -2.23. The Labute approximate surface area is 353 Å². The van der Waals surface area contributed by atoms with Crippen molar-refractivity contribution in [2.45, 2.75) is 74.2 Å². The standard InChI is InChI=1S/C36H40N6O19P2/c1-40-13-19(31(45)37-34(40)48)4-7-22-10-25(43)28(58-22)16-55-62(51,52)56-18-30-27(12-24(60-30)9-6-21-15-42(3)36(50)39-33(21)47)61-63(53,54)57-17-29-26(44)11-23(59-29)8-5-20-14-41(2)35(49)38-32(20)46/h13-15,22-30,43-44H,10-12,16-18H2,1-3H3,(H,51,52)(H,53,54)(H,37,45,48)(H,38,46,49)(H,39,47,50)/t22-,23-,24-,25-,26-,27-,28+,29+,30+/m0/s1. The highest BCUT2D eigenvalue weighted by Crippen LogP contribution is 2.49. The van der Waals surface area contributed by atoms with Gasteiger partial charge in [0, 0.05) is 59.0 Å². The summed E-state index contributed by atoms with van der Waals surface area (Å²) in [5, 5.41) is 21.0. The number of ether oxygens (including phenoxy) is 3. The first-order valence-electron chi connectivity index (χ1n) is 18.7. The fraction of sp³-hybridized carbons (Fsp3) is 0.500. The molecule has 0 radical (unpaired) electrons. The number of nitrogens with one attached hydrogen (secondary N) is 3. The van der Waals surface area contributed by atoms with Gasteiger partial charge in [-0.05, 0) is 0 Å². The molecule has 63 heavy (non-hydrogen) atoms. The highest BCUT2D eigenvalue weighted by molar-refractivity contribution is 7.47. The van der Waals surface area contributed by atoms with E-state index in [1.54, 1.807) is 0 Å². The Hall–Kier alpha value is -5.26. The molecule has 27 heteroatoms. The van der Waals surface area contributed by atoms with Crippen LogP contribution in [0.1, 0.15) is 36.0 Å². The molecular formula is C36H40N6O19P2. The summed E-state index contributed by atoms with van der Waals surface area (Å²) in [6, 6.07) is 0. The predicted molar refractivity (Wildman–Crippen MR) is 212 cm³/mol. The van der Waals surface area contributed by atoms with E-state index in [0.717, 1.165) is 13.7 Å². The molecule has 0 aromatic carbocycles. The molecule has 3 aliphatic rings. The van der Waals surface area contributed by atoms with E-state index in [9.17, 15) is 57.9 Å². The zero-order chi connectivity index (χ0) is 45.8. The van der Waals surface area contributed by atoms with Crippen LogP contribution in [0.25, 0.3) is 0 Å². The molecule has 7 N–H and O–H groups in total. The van der Waals surface area contributed by atoms with Gasteiger partial charge in [0.05, 0.1) is 32.0 Å². The second-order valence-electron chi connectivity index (χ2n) is 14.3. The number of aryl methyl sites for hydroxylation is 3. The Morgan fingerprint density at radius 3 is 1.32 bits per heavy atom. The topological polar surface area (TPSA) is 344 Å². The summed E-state index contributed by atoms with van der Waals surface area (Å²) in [5.74, 6) is 15.6. The number of aromatic nitrogens is 6. The molecule has 0 spiro atoms. The minimum absolute atomic E-state index is 0.0459. The zero-order valence-electron chi connectivity index (χ0n) is 33.3. The Morgan fingerprint density at radius 2 is 0.921 bits per heavy atom. The first kappa shape index (κ1) is 47.2. The quantitative estimate of drug-likeness (QED) is 0.0715. The van der Waals surface area contributed by atoms with Crippen LogP contribution in [0.4, 0.5) is 0 Å². The van der Waals surface area contributed by atoms with Gasteiger partial charge in [-0.15, -0.1) is 0 Å². The lowest BCUT2D eigenvalue weighted by Crippen LogP contribution is -2.30. The Bertz CT molecular complexity index is 2890. The van der Waals surface area contributed by atoms with Gasteiger partial charge in [0.25, 0.3) is 16.7 Å². The number of hydrogen-bond donors (Lipinski definition) is 7. The van der Waals surface area contributed by atoms with Crippen LogP contribution in [0.2, 0.25) is 0 Å². The van der Waals surface area contributed by atoms with E-state index in [0.29, 0.717) is 0 Å². The van der Waals surface area contributed by atoms with Gasteiger partial charge >= 0.3 is 32.7 Å². The normalized spacial score (nSPS) is 27.3. The molecule has 0 saturated carbocycles. The number of hydrogen-bond acceptors (Lipinski definition) is 17. The molecule has 25 nitrogen and oxygen atoms in total. The number of H-pyrrole nitrogens is 3. The third-order valence-electron chi connectivity index (χ3n) is 9.55. The highest BCUT2D eigenvalue weighted by atomic mass is 31.2. The SMILES string of the molecule is Cn1cc(C#C[C@H]2C[C@H](OP(=O)(O)OC[C@H]3O[C@@H](C#Cc4cn(C)c(=O)[nH]c4=O)C[C@@H]3O)[C@@H](COP(=O)(O)OC[C@H]3O[C@@H](C#Cc4cn(C)c(=O)[nH]c4=O)C[C@@H]3O)O2)c(=O)[nH]c1=O. The van der Waals surface area contributed by atoms with Gasteiger partial charge in [-0.1, -0.05) is 35.5 Å². The van der Waals surface area contributed by atoms with Crippen molar-refractivity contribution in [2.24, 2.45) is 21.1 Å². The molecule has 0 bridgehead atoms. The molecule has 3 aliphatic heterocycles. The van der Waals surface area contributed by atoms with E-state index in [2.05, 4.69) is 50.5 Å². The molecule has 3 aromatic heterocycles. The van der Waals surface area contributed by atoms with Crippen LogP contribution in [0.3, 0.4) is 0 Å². The average molecular weight is 923 g/mol. The zero-order valence-corrected chi connectivity index (χ0v) is 35.1. The van der Waals surface area contributed by atoms with Crippen molar-refractivity contribution >= 4 is 15.6 Å². The molecule has 3 fully saturated rings. The smallest absolute Gasteiger partial charge is 0.390 e. The van der Waals surface area contributed by atoms with Crippen molar-refractivity contribution in [3.63, 3.8) is 0 Å². The lowest BCUT2D eigenvalue weighted by atomic mass is 10.1. The van der Waals surface area contributed by atoms with Gasteiger partial charge in [-0.25, -0.2) is 23.5 Å². The van der Waals surface area contributed by atoms with Crippen LogP contribution in [0, 0.1) is 35.5 Å². The molecule has 0 aliphatic carbocycles. The van der Waals surface area contributed by atoms with Gasteiger partial charge in [0.15, 0.2) is 0 Å². The maximum atomic E-state index is 13.2. The van der Waals surface area contributed by atoms with E-state index in [1.807, 2.05) is 0 Å². The van der Waals surface area contributed by atoms with E-state index in [1.165, 1.54) is 39.7 Å². The van der Waals surface area contributed by atoms with Gasteiger partial charge in [0.2, 0.25) is 0 Å². The van der Waals surface area contributed by atoms with Crippen LogP contribution in [-0.4, -0.2) is 123 Å². The fourth-order valence-corrected chi connectivity index (χ4v) is 7.89. The average Bonchev–Trinajstić information content (AvgIpc) is 3.89. The summed E-state index contributed by atoms with van der Waals surface area (Å²) in [4.78, 5) is 98.8. The van der Waals surface area contributed by atoms with Crippen molar-refractivity contribution in [2.75, 3.05) is 19.8 Å². The van der Waals surface area contributed by atoms with Crippen LogP contribution in [0.15, 0.2) is 47.4 Å². The van der Waals surface area contributed by atoms with Crippen LogP contribution >= 0.6 is 15.6 Å². The maximum absolute atomic E-state index is 13.2. The number of aliphatic hydroxyl groups excluding tert-OH is 2. The van der Waals surface area contributed by atoms with Gasteiger partial charge in [-0.2, -0.15) is 0 Å². The molecule has 3 saturated heterocycles. The number of aliphatic hydroxyl groups is 2. The molecule has 2 unspecified atom stereocenters. The third kappa shape index (κ3) is 12.5. The number of aromatic amines is 3. The molecule has 3 aromatic rings. The molecule has 0 amide bonds. The molecular weight excluding hydrogens is 882 g/mol. The van der Waals surface area contributed by atoms with E-state index < -0.39 is 124 Å². The van der Waals surface area contributed by atoms with E-state index in [-0.39, 0.29) is 36.0 Å². The number of phosphoric acid groups is 2. The first-order valence-corrected chi connectivity index (χ1v) is 21.7. The van der Waals surface area contributed by atoms with Crippen LogP contribution in [-0.2, 0) is 62.6 Å². The van der Waals surface area contributed by atoms with Crippen LogP contribution < -0.4 is 33.7 Å². The second kappa shape index (κ2) is 19.6. The Morgan fingerprint density at radius 1 is 0.587 bits per heavy atom. The van der Waals surface area contributed by atoms with Crippen molar-refractivity contribution in [3.8, 4) is 35.5 Å². The summed E-state index contributed by atoms with van der Waals surface area (Å²) in [6.07, 6.45) is -7.45. The number of rotatable bonds is 11. The lowest BCUT2D eigenvalue weighted by molar-refractivity contribution is -0.0340. The third-order valence-corrected chi connectivity index (χ3v) is 11.5. The van der Waals surface area contributed by atoms with Crippen LogP contribution in [0.5, 0.6) is 0 Å². The largest absolute Gasteiger partial charge is 0.472 e. The Balaban J connectivity index is 1.08. The van der Waals surface area contributed by atoms with Crippen molar-refractivity contribution in [1.82, 2.24) is 28.7 Å². The van der Waals surface area contributed by atoms with E-state index >= 15 is 0 Å². The molecule has 11 atom stereocenters. The summed E-state index contributed by atoms with van der Waals surface area (Å²) >= 11 is 0. The summed E-state index contributed by atoms with van der Waals surface area (Å²) < 4.78 is 67.1. The maximum Gasteiger partial charge on any atom is 0.472 e.